The highest BCUT2D eigenvalue weighted by atomic mass is 35.5. The van der Waals surface area contributed by atoms with Crippen LogP contribution < -0.4 is 5.32 Å². The van der Waals surface area contributed by atoms with Crippen LogP contribution in [0.1, 0.15) is 46.9 Å². The number of amides is 1. The van der Waals surface area contributed by atoms with Crippen LogP contribution in [-0.2, 0) is 11.4 Å². The molecule has 0 radical (unpaired) electrons. The number of benzene rings is 1. The van der Waals surface area contributed by atoms with E-state index >= 15 is 0 Å². The maximum absolute atomic E-state index is 12.3. The fraction of sp³-hybridized carbons (Fsp3) is 0.353. The number of halogens is 1. The molecule has 1 N–H and O–H groups in total. The average molecular weight is 306 g/mol. The van der Waals surface area contributed by atoms with Gasteiger partial charge in [0.05, 0.1) is 11.4 Å². The molecule has 112 valence electrons. The highest BCUT2D eigenvalue weighted by Gasteiger charge is 2.25. The predicted molar refractivity (Wildman–Crippen MR) is 84.7 cm³/mol. The van der Waals surface area contributed by atoms with Gasteiger partial charge >= 0.3 is 0 Å². The molecule has 0 bridgehead atoms. The van der Waals surface area contributed by atoms with Crippen molar-refractivity contribution in [2.75, 3.05) is 0 Å². The number of hydrogen-bond acceptors (Lipinski definition) is 2. The van der Waals surface area contributed by atoms with Gasteiger partial charge in [0.15, 0.2) is 5.76 Å². The lowest BCUT2D eigenvalue weighted by Gasteiger charge is -2.26. The molecular weight excluding hydrogens is 286 g/mol. The fourth-order valence-corrected chi connectivity index (χ4v) is 2.42. The van der Waals surface area contributed by atoms with Gasteiger partial charge in [-0.15, -0.1) is 11.6 Å². The van der Waals surface area contributed by atoms with Crippen LogP contribution >= 0.6 is 11.6 Å². The number of carbonyl (C=O) groups excluding carboxylic acids is 1. The molecule has 0 aliphatic rings. The Balaban J connectivity index is 2.18. The Labute approximate surface area is 130 Å². The molecule has 0 atom stereocenters. The quantitative estimate of drug-likeness (QED) is 0.856. The molecule has 0 aliphatic carbocycles. The number of aryl methyl sites for hydroxylation is 2. The Kier molecular flexibility index (Phi) is 4.43. The lowest BCUT2D eigenvalue weighted by atomic mass is 9.93. The fourth-order valence-electron chi connectivity index (χ4n) is 2.15. The van der Waals surface area contributed by atoms with E-state index in [1.165, 1.54) is 5.56 Å². The predicted octanol–water partition coefficient (Wildman–Crippen LogP) is 4.30. The molecule has 0 unspecified atom stereocenters. The Morgan fingerprint density at radius 3 is 2.38 bits per heavy atom. The normalized spacial score (nSPS) is 11.5. The highest BCUT2D eigenvalue weighted by Crippen LogP contribution is 2.22. The van der Waals surface area contributed by atoms with Crippen molar-refractivity contribution in [3.8, 4) is 0 Å². The van der Waals surface area contributed by atoms with Crippen molar-refractivity contribution in [2.45, 2.75) is 39.1 Å². The minimum atomic E-state index is -0.480. The molecule has 1 aromatic carbocycles. The molecule has 4 heteroatoms. The van der Waals surface area contributed by atoms with Crippen LogP contribution in [0.2, 0.25) is 0 Å². The SMILES string of the molecule is Cc1ccc(C(C)(C)NC(=O)c2cc(CCl)c(C)o2)cc1. The van der Waals surface area contributed by atoms with Gasteiger partial charge in [0, 0.05) is 5.56 Å². The maximum Gasteiger partial charge on any atom is 0.287 e. The zero-order chi connectivity index (χ0) is 15.6. The van der Waals surface area contributed by atoms with Gasteiger partial charge < -0.3 is 9.73 Å². The van der Waals surface area contributed by atoms with E-state index in [1.54, 1.807) is 13.0 Å². The van der Waals surface area contributed by atoms with Crippen molar-refractivity contribution in [2.24, 2.45) is 0 Å². The molecule has 0 saturated carbocycles. The summed E-state index contributed by atoms with van der Waals surface area (Å²) >= 11 is 5.80. The molecular formula is C17H20ClNO2. The van der Waals surface area contributed by atoms with Crippen molar-refractivity contribution in [1.29, 1.82) is 0 Å². The standard InChI is InChI=1S/C17H20ClNO2/c1-11-5-7-14(8-6-11)17(3,4)19-16(20)15-9-13(10-18)12(2)21-15/h5-9H,10H2,1-4H3,(H,19,20). The first kappa shape index (κ1) is 15.6. The lowest BCUT2D eigenvalue weighted by molar-refractivity contribution is 0.0882. The smallest absolute Gasteiger partial charge is 0.287 e. The zero-order valence-corrected chi connectivity index (χ0v) is 13.5. The number of hydrogen-bond donors (Lipinski definition) is 1. The number of rotatable bonds is 4. The van der Waals surface area contributed by atoms with E-state index in [1.807, 2.05) is 45.0 Å². The lowest BCUT2D eigenvalue weighted by Crippen LogP contribution is -2.40. The van der Waals surface area contributed by atoms with E-state index in [9.17, 15) is 4.79 Å². The van der Waals surface area contributed by atoms with Crippen molar-refractivity contribution in [1.82, 2.24) is 5.32 Å². The van der Waals surface area contributed by atoms with Crippen molar-refractivity contribution in [3.63, 3.8) is 0 Å². The molecule has 2 aromatic rings. The van der Waals surface area contributed by atoms with Gasteiger partial charge in [-0.2, -0.15) is 0 Å². The molecule has 2 rings (SSSR count). The minimum Gasteiger partial charge on any atom is -0.456 e. The van der Waals surface area contributed by atoms with Crippen LogP contribution in [0.3, 0.4) is 0 Å². The van der Waals surface area contributed by atoms with E-state index < -0.39 is 5.54 Å². The molecule has 0 spiro atoms. The first-order chi connectivity index (χ1) is 9.83. The molecule has 0 saturated heterocycles. The number of alkyl halides is 1. The maximum atomic E-state index is 12.3. The van der Waals surface area contributed by atoms with Crippen LogP contribution in [0.25, 0.3) is 0 Å². The van der Waals surface area contributed by atoms with Crippen molar-refractivity contribution >= 4 is 17.5 Å². The summed E-state index contributed by atoms with van der Waals surface area (Å²) in [7, 11) is 0. The summed E-state index contributed by atoms with van der Waals surface area (Å²) in [6.07, 6.45) is 0. The Morgan fingerprint density at radius 1 is 1.24 bits per heavy atom. The van der Waals surface area contributed by atoms with Crippen LogP contribution in [0, 0.1) is 13.8 Å². The van der Waals surface area contributed by atoms with Gasteiger partial charge in [-0.05, 0) is 39.3 Å². The zero-order valence-electron chi connectivity index (χ0n) is 12.8. The van der Waals surface area contributed by atoms with E-state index in [-0.39, 0.29) is 5.91 Å². The molecule has 0 aliphatic heterocycles. The van der Waals surface area contributed by atoms with Gasteiger partial charge in [-0.3, -0.25) is 4.79 Å². The first-order valence-corrected chi connectivity index (χ1v) is 7.42. The largest absolute Gasteiger partial charge is 0.456 e. The summed E-state index contributed by atoms with van der Waals surface area (Å²) in [6, 6.07) is 9.81. The summed E-state index contributed by atoms with van der Waals surface area (Å²) in [6.45, 7) is 7.77. The van der Waals surface area contributed by atoms with Crippen LogP contribution in [0.5, 0.6) is 0 Å². The van der Waals surface area contributed by atoms with E-state index in [0.29, 0.717) is 17.4 Å². The summed E-state index contributed by atoms with van der Waals surface area (Å²) in [5, 5.41) is 3.00. The Morgan fingerprint density at radius 2 is 1.86 bits per heavy atom. The van der Waals surface area contributed by atoms with Crippen molar-refractivity contribution < 1.29 is 9.21 Å². The van der Waals surface area contributed by atoms with E-state index in [2.05, 4.69) is 5.32 Å². The van der Waals surface area contributed by atoms with Crippen LogP contribution in [-0.4, -0.2) is 5.91 Å². The van der Waals surface area contributed by atoms with Gasteiger partial charge in [0.2, 0.25) is 0 Å². The summed E-state index contributed by atoms with van der Waals surface area (Å²) in [5.41, 5.74) is 2.60. The third-order valence-electron chi connectivity index (χ3n) is 3.59. The Hall–Kier alpha value is -1.74. The second kappa shape index (κ2) is 5.94. The molecule has 1 heterocycles. The summed E-state index contributed by atoms with van der Waals surface area (Å²) in [4.78, 5) is 12.3. The van der Waals surface area contributed by atoms with Crippen LogP contribution in [0.15, 0.2) is 34.7 Å². The minimum absolute atomic E-state index is 0.236. The van der Waals surface area contributed by atoms with Crippen molar-refractivity contribution in [3.05, 3.63) is 58.5 Å². The van der Waals surface area contributed by atoms with Gasteiger partial charge in [-0.25, -0.2) is 0 Å². The molecule has 21 heavy (non-hydrogen) atoms. The Bertz CT molecular complexity index is 641. The van der Waals surface area contributed by atoms with Gasteiger partial charge in [0.25, 0.3) is 5.91 Å². The summed E-state index contributed by atoms with van der Waals surface area (Å²) < 4.78 is 5.47. The summed E-state index contributed by atoms with van der Waals surface area (Å²) in [5.74, 6) is 1.08. The molecule has 1 aromatic heterocycles. The van der Waals surface area contributed by atoms with E-state index in [4.69, 9.17) is 16.0 Å². The first-order valence-electron chi connectivity index (χ1n) is 6.88. The third-order valence-corrected chi connectivity index (χ3v) is 3.88. The topological polar surface area (TPSA) is 42.2 Å². The molecule has 0 fully saturated rings. The third kappa shape index (κ3) is 3.48. The monoisotopic (exact) mass is 305 g/mol. The van der Waals surface area contributed by atoms with E-state index in [0.717, 1.165) is 11.1 Å². The number of nitrogens with one attached hydrogen (secondary N) is 1. The van der Waals surface area contributed by atoms with Crippen LogP contribution in [0.4, 0.5) is 0 Å². The second-order valence-electron chi connectivity index (χ2n) is 5.77. The highest BCUT2D eigenvalue weighted by molar-refractivity contribution is 6.17. The average Bonchev–Trinajstić information content (AvgIpc) is 2.80. The molecule has 1 amide bonds. The second-order valence-corrected chi connectivity index (χ2v) is 6.04. The van der Waals surface area contributed by atoms with Gasteiger partial charge in [-0.1, -0.05) is 29.8 Å². The number of furan rings is 1. The van der Waals surface area contributed by atoms with Gasteiger partial charge in [0.1, 0.15) is 5.76 Å². The molecule has 3 nitrogen and oxygen atoms in total. The number of carbonyl (C=O) groups is 1.